The van der Waals surface area contributed by atoms with E-state index in [-0.39, 0.29) is 38.0 Å². The van der Waals surface area contributed by atoms with E-state index in [1.807, 2.05) is 30.3 Å². The van der Waals surface area contributed by atoms with Crippen molar-refractivity contribution in [3.63, 3.8) is 0 Å². The molecule has 2 amide bonds. The van der Waals surface area contributed by atoms with Crippen molar-refractivity contribution in [3.05, 3.63) is 52.9 Å². The van der Waals surface area contributed by atoms with Crippen LogP contribution < -0.4 is 0 Å². The van der Waals surface area contributed by atoms with Crippen molar-refractivity contribution in [2.75, 3.05) is 26.2 Å². The number of carbonyl (C=O) groups is 2. The van der Waals surface area contributed by atoms with Crippen LogP contribution in [0.25, 0.3) is 0 Å². The number of halogens is 1. The van der Waals surface area contributed by atoms with Gasteiger partial charge in [0.15, 0.2) is 0 Å². The first-order valence-corrected chi connectivity index (χ1v) is 9.68. The van der Waals surface area contributed by atoms with Gasteiger partial charge in [-0.3, -0.25) is 9.59 Å². The van der Waals surface area contributed by atoms with Crippen LogP contribution >= 0.6 is 0 Å². The molecule has 0 unspecified atom stereocenters. The second-order valence-electron chi connectivity index (χ2n) is 8.10. The maximum absolute atomic E-state index is 13.8. The molecule has 2 aromatic rings. The lowest BCUT2D eigenvalue weighted by atomic mass is 9.73. The number of nitrogens with zero attached hydrogens (tertiary/aromatic N) is 3. The molecule has 2 aliphatic rings. The molecule has 1 aromatic carbocycles. The van der Waals surface area contributed by atoms with Gasteiger partial charge in [-0.15, -0.1) is 0 Å². The molecule has 2 aliphatic heterocycles. The van der Waals surface area contributed by atoms with Crippen molar-refractivity contribution >= 4 is 11.8 Å². The molecule has 1 N–H and O–H groups in total. The predicted molar refractivity (Wildman–Crippen MR) is 102 cm³/mol. The van der Waals surface area contributed by atoms with Crippen molar-refractivity contribution in [1.29, 1.82) is 0 Å². The summed E-state index contributed by atoms with van der Waals surface area (Å²) < 4.78 is 18.9. The number of hydrogen-bond donors (Lipinski definition) is 1. The number of benzene rings is 1. The van der Waals surface area contributed by atoms with E-state index >= 15 is 0 Å². The minimum Gasteiger partial charge on any atom is -0.388 e. The highest BCUT2D eigenvalue weighted by Crippen LogP contribution is 2.38. The van der Waals surface area contributed by atoms with Crippen molar-refractivity contribution in [2.24, 2.45) is 5.41 Å². The first-order chi connectivity index (χ1) is 13.8. The van der Waals surface area contributed by atoms with Crippen molar-refractivity contribution in [3.8, 4) is 0 Å². The zero-order chi connectivity index (χ0) is 20.8. The van der Waals surface area contributed by atoms with E-state index < -0.39 is 17.7 Å². The van der Waals surface area contributed by atoms with Gasteiger partial charge in [0.25, 0.3) is 5.91 Å². The number of amides is 2. The van der Waals surface area contributed by atoms with Crippen LogP contribution in [-0.4, -0.2) is 70.3 Å². The van der Waals surface area contributed by atoms with Crippen LogP contribution in [0.3, 0.4) is 0 Å². The van der Waals surface area contributed by atoms with Gasteiger partial charge < -0.3 is 19.4 Å². The zero-order valence-electron chi connectivity index (χ0n) is 16.5. The number of rotatable bonds is 4. The number of hydrogen-bond acceptors (Lipinski definition) is 5. The number of likely N-dealkylation sites (tertiary alicyclic amines) is 2. The summed E-state index contributed by atoms with van der Waals surface area (Å²) in [6.45, 7) is 3.71. The van der Waals surface area contributed by atoms with Crippen LogP contribution in [0.1, 0.15) is 27.4 Å². The Bertz CT molecular complexity index is 894. The normalized spacial score (nSPS) is 23.2. The van der Waals surface area contributed by atoms with E-state index in [0.29, 0.717) is 23.4 Å². The fourth-order valence-electron chi connectivity index (χ4n) is 4.33. The van der Waals surface area contributed by atoms with Crippen LogP contribution in [0.2, 0.25) is 0 Å². The van der Waals surface area contributed by atoms with Crippen LogP contribution in [0, 0.1) is 19.3 Å². The van der Waals surface area contributed by atoms with E-state index in [9.17, 15) is 19.1 Å². The quantitative estimate of drug-likeness (QED) is 0.839. The lowest BCUT2D eigenvalue weighted by Crippen LogP contribution is -2.66. The minimum atomic E-state index is -1.44. The maximum Gasteiger partial charge on any atom is 0.259 e. The number of aromatic nitrogens is 1. The van der Waals surface area contributed by atoms with E-state index in [0.717, 1.165) is 5.56 Å². The maximum atomic E-state index is 13.8. The molecule has 154 valence electrons. The minimum absolute atomic E-state index is 0.0195. The van der Waals surface area contributed by atoms with E-state index in [2.05, 4.69) is 5.16 Å². The van der Waals surface area contributed by atoms with Gasteiger partial charge in [-0.05, 0) is 25.8 Å². The molecule has 2 saturated heterocycles. The zero-order valence-corrected chi connectivity index (χ0v) is 16.5. The standard InChI is InChI=1S/C21H24FN3O4/c1-13-18(14(2)29-23-13)19(27)25-11-21(12-25,8-15-6-4-3-5-7-15)20(28)24-9-16(22)17(26)10-24/h3-7,16-17,26H,8-12H2,1-2H3/t16-,17-/m1/s1. The Kier molecular flexibility index (Phi) is 4.90. The molecule has 4 rings (SSSR count). The number of alkyl halides is 1. The number of aryl methyl sites for hydroxylation is 2. The Labute approximate surface area is 168 Å². The van der Waals surface area contributed by atoms with Gasteiger partial charge in [-0.25, -0.2) is 4.39 Å². The van der Waals surface area contributed by atoms with E-state index in [4.69, 9.17) is 4.52 Å². The molecule has 0 bridgehead atoms. The molecule has 2 atom stereocenters. The van der Waals surface area contributed by atoms with Crippen LogP contribution in [0.15, 0.2) is 34.9 Å². The number of carbonyl (C=O) groups excluding carboxylic acids is 2. The van der Waals surface area contributed by atoms with E-state index in [1.54, 1.807) is 18.7 Å². The molecule has 0 spiro atoms. The van der Waals surface area contributed by atoms with E-state index in [1.165, 1.54) is 4.90 Å². The Balaban J connectivity index is 1.56. The van der Waals surface area contributed by atoms with Crippen molar-refractivity contribution in [1.82, 2.24) is 15.0 Å². The topological polar surface area (TPSA) is 86.9 Å². The largest absolute Gasteiger partial charge is 0.388 e. The smallest absolute Gasteiger partial charge is 0.259 e. The highest BCUT2D eigenvalue weighted by atomic mass is 19.1. The summed E-state index contributed by atoms with van der Waals surface area (Å²) in [6.07, 6.45) is -2.15. The summed E-state index contributed by atoms with van der Waals surface area (Å²) in [7, 11) is 0. The number of aliphatic hydroxyl groups excluding tert-OH is 1. The Morgan fingerprint density at radius 3 is 2.45 bits per heavy atom. The van der Waals surface area contributed by atoms with Crippen LogP contribution in [0.4, 0.5) is 4.39 Å². The Morgan fingerprint density at radius 1 is 1.21 bits per heavy atom. The average Bonchev–Trinajstić information content (AvgIpc) is 3.19. The fraction of sp³-hybridized carbons (Fsp3) is 0.476. The van der Waals surface area contributed by atoms with Crippen molar-refractivity contribution in [2.45, 2.75) is 32.5 Å². The summed E-state index contributed by atoms with van der Waals surface area (Å²) >= 11 is 0. The predicted octanol–water partition coefficient (Wildman–Crippen LogP) is 1.52. The summed E-state index contributed by atoms with van der Waals surface area (Å²) in [4.78, 5) is 29.2. The van der Waals surface area contributed by atoms with Gasteiger partial charge in [0.2, 0.25) is 5.91 Å². The number of aliphatic hydroxyl groups is 1. The molecule has 1 aromatic heterocycles. The van der Waals surface area contributed by atoms with Gasteiger partial charge in [0.05, 0.1) is 17.7 Å². The highest BCUT2D eigenvalue weighted by Gasteiger charge is 2.54. The van der Waals surface area contributed by atoms with Gasteiger partial charge in [0, 0.05) is 19.6 Å². The molecular weight excluding hydrogens is 377 g/mol. The third-order valence-corrected chi connectivity index (χ3v) is 5.87. The molecule has 0 aliphatic carbocycles. The third kappa shape index (κ3) is 3.42. The van der Waals surface area contributed by atoms with Gasteiger partial charge >= 0.3 is 0 Å². The summed E-state index contributed by atoms with van der Waals surface area (Å²) in [5.74, 6) is 0.00764. The van der Waals surface area contributed by atoms with Crippen LogP contribution in [-0.2, 0) is 11.2 Å². The summed E-state index contributed by atoms with van der Waals surface area (Å²) in [5.41, 5.74) is 1.08. The average molecular weight is 401 g/mol. The third-order valence-electron chi connectivity index (χ3n) is 5.87. The summed E-state index contributed by atoms with van der Waals surface area (Å²) in [5, 5.41) is 13.6. The lowest BCUT2D eigenvalue weighted by molar-refractivity contribution is -0.150. The fourth-order valence-corrected chi connectivity index (χ4v) is 4.33. The SMILES string of the molecule is Cc1noc(C)c1C(=O)N1CC(Cc2ccccc2)(C(=O)N2C[C@@H](O)[C@H](F)C2)C1. The monoisotopic (exact) mass is 401 g/mol. The first kappa shape index (κ1) is 19.6. The molecule has 2 fully saturated rings. The van der Waals surface area contributed by atoms with Crippen LogP contribution in [0.5, 0.6) is 0 Å². The van der Waals surface area contributed by atoms with Crippen molar-refractivity contribution < 1.29 is 23.6 Å². The molecular formula is C21H24FN3O4. The lowest BCUT2D eigenvalue weighted by Gasteiger charge is -2.50. The Hall–Kier alpha value is -2.74. The second kappa shape index (κ2) is 7.26. The second-order valence-corrected chi connectivity index (χ2v) is 8.10. The molecule has 0 saturated carbocycles. The Morgan fingerprint density at radius 2 is 1.90 bits per heavy atom. The molecule has 0 radical (unpaired) electrons. The highest BCUT2D eigenvalue weighted by molar-refractivity contribution is 5.98. The van der Waals surface area contributed by atoms with Gasteiger partial charge in [0.1, 0.15) is 23.6 Å². The molecule has 29 heavy (non-hydrogen) atoms. The van der Waals surface area contributed by atoms with Gasteiger partial charge in [-0.2, -0.15) is 0 Å². The van der Waals surface area contributed by atoms with Gasteiger partial charge in [-0.1, -0.05) is 35.5 Å². The summed E-state index contributed by atoms with van der Waals surface area (Å²) in [6, 6.07) is 9.57. The molecule has 8 heteroatoms. The number of β-amino-alcohol motifs (C(OH)–C–C–N with tert-alkyl or cyclic N) is 1. The molecule has 3 heterocycles. The molecule has 7 nitrogen and oxygen atoms in total. The first-order valence-electron chi connectivity index (χ1n) is 9.68.